The average molecular weight is 197 g/mol. The highest BCUT2D eigenvalue weighted by molar-refractivity contribution is 5.76. The van der Waals surface area contributed by atoms with Gasteiger partial charge in [-0.1, -0.05) is 6.07 Å². The molecule has 0 amide bonds. The van der Waals surface area contributed by atoms with Gasteiger partial charge in [-0.05, 0) is 13.0 Å². The maximum Gasteiger partial charge on any atom is 0.337 e. The first-order valence-corrected chi connectivity index (χ1v) is 4.05. The van der Waals surface area contributed by atoms with Crippen LogP contribution in [0.3, 0.4) is 0 Å². The van der Waals surface area contributed by atoms with Gasteiger partial charge in [-0.15, -0.1) is 0 Å². The van der Waals surface area contributed by atoms with Gasteiger partial charge in [-0.25, -0.2) is 4.79 Å². The van der Waals surface area contributed by atoms with E-state index in [1.807, 2.05) is 0 Å². The van der Waals surface area contributed by atoms with Gasteiger partial charge in [-0.3, -0.25) is 4.79 Å². The second-order valence-electron chi connectivity index (χ2n) is 3.25. The number of carboxylic acid groups (broad SMARTS) is 1. The van der Waals surface area contributed by atoms with Crippen LogP contribution in [0.15, 0.2) is 29.2 Å². The molecule has 0 saturated carbocycles. The van der Waals surface area contributed by atoms with Crippen molar-refractivity contribution < 1.29 is 15.0 Å². The summed E-state index contributed by atoms with van der Waals surface area (Å²) in [6.07, 6.45) is 1.43. The molecule has 5 nitrogen and oxygen atoms in total. The molecule has 0 aliphatic rings. The number of aliphatic hydroxyl groups is 1. The lowest BCUT2D eigenvalue weighted by molar-refractivity contribution is -0.157. The van der Waals surface area contributed by atoms with Crippen LogP contribution in [0.1, 0.15) is 6.92 Å². The number of carboxylic acids is 1. The van der Waals surface area contributed by atoms with E-state index in [2.05, 4.69) is 0 Å². The number of pyridine rings is 1. The van der Waals surface area contributed by atoms with E-state index in [1.54, 1.807) is 12.1 Å². The van der Waals surface area contributed by atoms with Gasteiger partial charge >= 0.3 is 5.97 Å². The second-order valence-corrected chi connectivity index (χ2v) is 3.25. The van der Waals surface area contributed by atoms with Crippen LogP contribution in [0.25, 0.3) is 0 Å². The van der Waals surface area contributed by atoms with Gasteiger partial charge in [0.1, 0.15) is 0 Å². The molecule has 1 aromatic heterocycles. The molecular weight excluding hydrogens is 186 g/mol. The lowest BCUT2D eigenvalue weighted by atomic mass is 10.1. The van der Waals surface area contributed by atoms with E-state index in [-0.39, 0.29) is 12.1 Å². The molecule has 1 aromatic rings. The molecule has 0 aliphatic carbocycles. The van der Waals surface area contributed by atoms with E-state index in [9.17, 15) is 14.7 Å². The summed E-state index contributed by atoms with van der Waals surface area (Å²) in [5.41, 5.74) is -2.26. The van der Waals surface area contributed by atoms with E-state index in [0.717, 1.165) is 11.5 Å². The summed E-state index contributed by atoms with van der Waals surface area (Å²) in [6, 6.07) is 4.45. The van der Waals surface area contributed by atoms with Crippen molar-refractivity contribution in [1.82, 2.24) is 4.57 Å². The van der Waals surface area contributed by atoms with Gasteiger partial charge < -0.3 is 14.8 Å². The van der Waals surface area contributed by atoms with Gasteiger partial charge in [0.05, 0.1) is 6.54 Å². The largest absolute Gasteiger partial charge is 0.479 e. The molecule has 0 radical (unpaired) electrons. The van der Waals surface area contributed by atoms with Gasteiger partial charge in [-0.2, -0.15) is 0 Å². The number of nitrogens with zero attached hydrogens (tertiary/aromatic N) is 1. The molecule has 0 unspecified atom stereocenters. The zero-order chi connectivity index (χ0) is 10.8. The van der Waals surface area contributed by atoms with Crippen LogP contribution >= 0.6 is 0 Å². The van der Waals surface area contributed by atoms with E-state index in [0.29, 0.717) is 0 Å². The van der Waals surface area contributed by atoms with Gasteiger partial charge in [0.25, 0.3) is 5.56 Å². The fraction of sp³-hybridized carbons (Fsp3) is 0.333. The first-order chi connectivity index (χ1) is 6.43. The Bertz CT molecular complexity index is 394. The molecule has 5 heteroatoms. The van der Waals surface area contributed by atoms with E-state index < -0.39 is 11.6 Å². The van der Waals surface area contributed by atoms with Gasteiger partial charge in [0, 0.05) is 12.3 Å². The first kappa shape index (κ1) is 10.5. The first-order valence-electron chi connectivity index (χ1n) is 4.05. The minimum atomic E-state index is -1.93. The topological polar surface area (TPSA) is 79.5 Å². The molecule has 1 heterocycles. The Hall–Kier alpha value is -1.62. The standard InChI is InChI=1S/C9H11NO4/c1-9(14,8(12)13)6-10-5-3-2-4-7(10)11/h2-5,14H,6H2,1H3,(H,12,13)/t9-/m0/s1. The average Bonchev–Trinajstić information content (AvgIpc) is 2.08. The second kappa shape index (κ2) is 3.63. The van der Waals surface area contributed by atoms with E-state index >= 15 is 0 Å². The highest BCUT2D eigenvalue weighted by Crippen LogP contribution is 2.05. The Morgan fingerprint density at radius 1 is 1.57 bits per heavy atom. The molecule has 14 heavy (non-hydrogen) atoms. The van der Waals surface area contributed by atoms with Crippen molar-refractivity contribution in [2.75, 3.05) is 0 Å². The third-order valence-electron chi connectivity index (χ3n) is 1.84. The van der Waals surface area contributed by atoms with Crippen molar-refractivity contribution in [3.63, 3.8) is 0 Å². The highest BCUT2D eigenvalue weighted by Gasteiger charge is 2.30. The Morgan fingerprint density at radius 3 is 2.71 bits per heavy atom. The number of aromatic nitrogens is 1. The lowest BCUT2D eigenvalue weighted by Gasteiger charge is -2.18. The Kier molecular flexibility index (Phi) is 2.71. The number of carbonyl (C=O) groups is 1. The van der Waals surface area contributed by atoms with Crippen LogP contribution in [-0.2, 0) is 11.3 Å². The molecular formula is C9H11NO4. The fourth-order valence-corrected chi connectivity index (χ4v) is 0.991. The van der Waals surface area contributed by atoms with Crippen LogP contribution in [-0.4, -0.2) is 26.4 Å². The van der Waals surface area contributed by atoms with Crippen LogP contribution < -0.4 is 5.56 Å². The minimum absolute atomic E-state index is 0.262. The van der Waals surface area contributed by atoms with Crippen LogP contribution in [0.5, 0.6) is 0 Å². The molecule has 76 valence electrons. The van der Waals surface area contributed by atoms with Crippen LogP contribution in [0.4, 0.5) is 0 Å². The van der Waals surface area contributed by atoms with Crippen LogP contribution in [0.2, 0.25) is 0 Å². The van der Waals surface area contributed by atoms with Crippen molar-refractivity contribution in [2.24, 2.45) is 0 Å². The van der Waals surface area contributed by atoms with E-state index in [1.165, 1.54) is 12.3 Å². The fourth-order valence-electron chi connectivity index (χ4n) is 0.991. The maximum atomic E-state index is 11.2. The summed E-state index contributed by atoms with van der Waals surface area (Å²) < 4.78 is 1.15. The third-order valence-corrected chi connectivity index (χ3v) is 1.84. The molecule has 0 saturated heterocycles. The highest BCUT2D eigenvalue weighted by atomic mass is 16.4. The van der Waals surface area contributed by atoms with Crippen molar-refractivity contribution >= 4 is 5.97 Å². The quantitative estimate of drug-likeness (QED) is 0.696. The normalized spacial score (nSPS) is 14.7. The predicted molar refractivity (Wildman–Crippen MR) is 49.0 cm³/mol. The van der Waals surface area contributed by atoms with Crippen molar-refractivity contribution in [3.05, 3.63) is 34.7 Å². The summed E-state index contributed by atoms with van der Waals surface area (Å²) in [6.45, 7) is 0.886. The molecule has 0 spiro atoms. The Morgan fingerprint density at radius 2 is 2.21 bits per heavy atom. The molecule has 0 aliphatic heterocycles. The van der Waals surface area contributed by atoms with Gasteiger partial charge in [0.15, 0.2) is 5.60 Å². The number of aliphatic carboxylic acids is 1. The Balaban J connectivity index is 2.95. The number of hydrogen-bond acceptors (Lipinski definition) is 3. The Labute approximate surface area is 80.2 Å². The molecule has 0 aromatic carbocycles. The monoisotopic (exact) mass is 197 g/mol. The zero-order valence-corrected chi connectivity index (χ0v) is 7.67. The maximum absolute atomic E-state index is 11.2. The third kappa shape index (κ3) is 2.20. The van der Waals surface area contributed by atoms with Crippen molar-refractivity contribution in [1.29, 1.82) is 0 Å². The molecule has 1 atom stereocenters. The molecule has 0 bridgehead atoms. The van der Waals surface area contributed by atoms with Crippen LogP contribution in [0, 0.1) is 0 Å². The summed E-state index contributed by atoms with van der Waals surface area (Å²) in [5, 5.41) is 18.0. The molecule has 0 fully saturated rings. The minimum Gasteiger partial charge on any atom is -0.479 e. The van der Waals surface area contributed by atoms with Crippen molar-refractivity contribution in [3.8, 4) is 0 Å². The summed E-state index contributed by atoms with van der Waals surface area (Å²) >= 11 is 0. The SMILES string of the molecule is C[C@](O)(Cn1ccccc1=O)C(=O)O. The molecule has 2 N–H and O–H groups in total. The molecule has 1 rings (SSSR count). The smallest absolute Gasteiger partial charge is 0.337 e. The summed E-state index contributed by atoms with van der Waals surface area (Å²) in [5.74, 6) is -1.35. The summed E-state index contributed by atoms with van der Waals surface area (Å²) in [7, 11) is 0. The number of rotatable bonds is 3. The summed E-state index contributed by atoms with van der Waals surface area (Å²) in [4.78, 5) is 21.7. The van der Waals surface area contributed by atoms with Gasteiger partial charge in [0.2, 0.25) is 0 Å². The van der Waals surface area contributed by atoms with E-state index in [4.69, 9.17) is 5.11 Å². The zero-order valence-electron chi connectivity index (χ0n) is 7.67. The predicted octanol–water partition coefficient (Wildman–Crippen LogP) is -0.316. The van der Waals surface area contributed by atoms with Crippen molar-refractivity contribution in [2.45, 2.75) is 19.1 Å². The lowest BCUT2D eigenvalue weighted by Crippen LogP contribution is -2.41. The number of hydrogen-bond donors (Lipinski definition) is 2.